The Kier molecular flexibility index (Phi) is 35.9. The SMILES string of the molecule is Brc1ccc(N=C=Nc2ccc(Br)cc2)cc1.CC(C)(Br)C(=O)O.CC1(C)C(=O)N(c2ccc(Br)cc2)C(=O)N1c1ccc(Br)cc1.CC1(C)N(c2ccc(Br)cc2)C(=O)N(c2ccc(Br)cc2)C1(O)c1ccccc1.Nc1ccc(Br)cc1.S=C(Nc1ccc(Br)cc1)Nc1ccc(Br)cc1.S=C=Nc1ccc(Br)cc1. The molecular weight excluding hydrogens is 2180 g/mol. The molecule has 0 aromatic heterocycles. The molecule has 2 fully saturated rings. The number of aliphatic imine (C=N–C) groups is 3. The number of imide groups is 1. The summed E-state index contributed by atoms with van der Waals surface area (Å²) in [6.07, 6.45) is 0. The van der Waals surface area contributed by atoms with Crippen LogP contribution in [0.5, 0.6) is 0 Å². The highest BCUT2D eigenvalue weighted by Gasteiger charge is 2.64. The average Bonchev–Trinajstić information content (AvgIpc) is 1.54. The Bertz CT molecular complexity index is 4970. The van der Waals surface area contributed by atoms with Gasteiger partial charge in [-0.1, -0.05) is 206 Å². The molecule has 2 saturated heterocycles. The van der Waals surface area contributed by atoms with Gasteiger partial charge in [-0.25, -0.2) is 14.5 Å². The first-order valence-electron chi connectivity index (χ1n) is 33.2. The van der Waals surface area contributed by atoms with Crippen LogP contribution in [0.15, 0.2) is 333 Å². The molecule has 0 spiro atoms. The van der Waals surface area contributed by atoms with E-state index >= 15 is 0 Å². The molecule has 6 N–H and O–H groups in total. The highest BCUT2D eigenvalue weighted by Crippen LogP contribution is 2.51. The minimum Gasteiger partial charge on any atom is -0.480 e. The van der Waals surface area contributed by atoms with E-state index in [1.807, 2.05) is 275 Å². The number of aliphatic hydroxyl groups is 1. The van der Waals surface area contributed by atoms with E-state index in [1.54, 1.807) is 44.7 Å². The maximum Gasteiger partial charge on any atom is 0.336 e. The van der Waals surface area contributed by atoms with Crippen molar-refractivity contribution in [3.05, 3.63) is 323 Å². The van der Waals surface area contributed by atoms with Gasteiger partial charge in [0.05, 0.1) is 33.4 Å². The lowest BCUT2D eigenvalue weighted by atomic mass is 9.83. The first-order valence-corrected chi connectivity index (χ1v) is 42.7. The van der Waals surface area contributed by atoms with E-state index in [0.717, 1.165) is 84.5 Å². The van der Waals surface area contributed by atoms with Gasteiger partial charge in [-0.2, -0.15) is 15.0 Å². The maximum absolute atomic E-state index is 13.7. The molecule has 1 atom stereocenters. The van der Waals surface area contributed by atoms with E-state index in [4.69, 9.17) is 23.1 Å². The third-order valence-electron chi connectivity index (χ3n) is 15.9. The van der Waals surface area contributed by atoms with Gasteiger partial charge in [0.1, 0.15) is 15.9 Å². The highest BCUT2D eigenvalue weighted by molar-refractivity contribution is 9.12. The van der Waals surface area contributed by atoms with Crippen LogP contribution in [0.3, 0.4) is 0 Å². The van der Waals surface area contributed by atoms with E-state index in [-0.39, 0.29) is 18.0 Å². The number of nitrogens with zero attached hydrogens (tertiary/aromatic N) is 7. The molecule has 13 rings (SSSR count). The Morgan fingerprint density at radius 2 is 0.714 bits per heavy atom. The van der Waals surface area contributed by atoms with Gasteiger partial charge in [-0.15, -0.1) is 0 Å². The fourth-order valence-corrected chi connectivity index (χ4v) is 13.2. The molecule has 11 aromatic carbocycles. The van der Waals surface area contributed by atoms with Crippen molar-refractivity contribution in [2.24, 2.45) is 15.0 Å². The van der Waals surface area contributed by atoms with Crippen molar-refractivity contribution in [2.45, 2.75) is 62.7 Å². The molecule has 29 heteroatoms. The van der Waals surface area contributed by atoms with E-state index in [9.17, 15) is 24.3 Å². The molecule has 0 saturated carbocycles. The van der Waals surface area contributed by atoms with Gasteiger partial charge in [0.25, 0.3) is 5.91 Å². The molecule has 2 aliphatic rings. The van der Waals surface area contributed by atoms with Gasteiger partial charge in [-0.3, -0.25) is 24.3 Å². The third kappa shape index (κ3) is 27.1. The second-order valence-electron chi connectivity index (χ2n) is 25.2. The number of carbonyl (C=O) groups is 4. The van der Waals surface area contributed by atoms with Gasteiger partial charge in [0.2, 0.25) is 0 Å². The lowest BCUT2D eigenvalue weighted by molar-refractivity contribution is -0.138. The summed E-state index contributed by atoms with van der Waals surface area (Å²) in [5.74, 6) is -1.08. The number of benzene rings is 11. The molecule has 0 bridgehead atoms. The van der Waals surface area contributed by atoms with Crippen LogP contribution in [0.2, 0.25) is 0 Å². The summed E-state index contributed by atoms with van der Waals surface area (Å²) in [5, 5.41) is 29.5. The summed E-state index contributed by atoms with van der Waals surface area (Å²) in [7, 11) is 0. The second-order valence-corrected chi connectivity index (χ2v) is 36.9. The predicted octanol–water partition coefficient (Wildman–Crippen LogP) is 28.1. The molecule has 0 aliphatic carbocycles. The number of nitrogens with two attached hydrogens (primary N) is 1. The van der Waals surface area contributed by atoms with Gasteiger partial charge in [0, 0.05) is 84.4 Å². The maximum atomic E-state index is 13.7. The zero-order valence-corrected chi connectivity index (χ0v) is 79.3. The standard InChI is InChI=1S/C23H20Br2N2O2.C17H14Br2N2O2.C13H10Br2N2S.C13H8Br2N2.C7H4BrNS.C6H6BrN.C4H7BrO2/c1-22(2)23(29,16-6-4-3-5-7-16)27(20-14-10-18(25)11-15-20)21(28)26(22)19-12-8-17(24)9-13-19;1-17(2)15(22)20(13-7-3-11(18)4-8-13)16(23)21(17)14-9-5-12(19)6-10-14;14-9-1-5-11(6-2-9)16-13(18)17-12-7-3-10(15)4-8-12;14-10-1-5-12(6-2-10)16-9-17-13-7-3-11(15)4-8-13;8-6-1-3-7(4-2-6)9-5-10;7-5-1-3-6(8)4-2-5;1-4(2,5)3(6)7/h3-15,29H,1-2H3;3-10H,1-2H3;1-8H,(H2,16,17,18);1-8H;1-4H;1-4H,8H2;1-2H3,(H,6,7). The van der Waals surface area contributed by atoms with Crippen molar-refractivity contribution in [1.82, 2.24) is 0 Å². The number of hydrogen-bond donors (Lipinski definition) is 5. The number of anilines is 7. The topological polar surface area (TPSA) is 209 Å². The number of halogens is 11. The fourth-order valence-electron chi connectivity index (χ4n) is 10.2. The number of nitrogens with one attached hydrogen (secondary N) is 2. The van der Waals surface area contributed by atoms with Crippen molar-refractivity contribution in [1.29, 1.82) is 0 Å². The van der Waals surface area contributed by atoms with Gasteiger partial charge in [-0.05, 0) is 309 Å². The monoisotopic (exact) mass is 2230 g/mol. The molecule has 1 unspecified atom stereocenters. The summed E-state index contributed by atoms with van der Waals surface area (Å²) in [4.78, 5) is 67.4. The van der Waals surface area contributed by atoms with Crippen molar-refractivity contribution >= 4 is 297 Å². The number of hydrogen-bond acceptors (Lipinski definition) is 11. The number of carboxylic acids is 1. The number of urea groups is 2. The Morgan fingerprint density at radius 1 is 0.429 bits per heavy atom. The van der Waals surface area contributed by atoms with Crippen LogP contribution in [-0.4, -0.2) is 65.8 Å². The quantitative estimate of drug-likeness (QED) is 0.0270. The Balaban J connectivity index is 0.000000190. The molecule has 0 radical (unpaired) electrons. The summed E-state index contributed by atoms with van der Waals surface area (Å²) in [6.45, 7) is 10.4. The minimum absolute atomic E-state index is 0.243. The summed E-state index contributed by atoms with van der Waals surface area (Å²) in [5.41, 5.74) is 10.4. The third-order valence-corrected chi connectivity index (χ3v) is 21.8. The second kappa shape index (κ2) is 43.7. The van der Waals surface area contributed by atoms with Crippen LogP contribution in [-0.2, 0) is 15.3 Å². The average molecular weight is 2250 g/mol. The minimum atomic E-state index is -1.58. The lowest BCUT2D eigenvalue weighted by Crippen LogP contribution is -2.56. The van der Waals surface area contributed by atoms with Crippen LogP contribution < -0.4 is 36.0 Å². The van der Waals surface area contributed by atoms with Crippen LogP contribution in [0.25, 0.3) is 0 Å². The number of aliphatic carboxylic acids is 1. The Hall–Kier alpha value is -6.99. The van der Waals surface area contributed by atoms with Crippen LogP contribution in [0, 0.1) is 0 Å². The van der Waals surface area contributed by atoms with Crippen LogP contribution in [0.4, 0.5) is 66.5 Å². The van der Waals surface area contributed by atoms with Crippen molar-refractivity contribution in [2.75, 3.05) is 36.0 Å². The van der Waals surface area contributed by atoms with E-state index in [1.165, 1.54) is 14.7 Å². The Labute approximate surface area is 754 Å². The van der Waals surface area contributed by atoms with Gasteiger partial charge in [0.15, 0.2) is 10.8 Å². The number of carbonyl (C=O) groups excluding carboxylic acids is 3. The number of carboxylic acid groups (broad SMARTS) is 1. The van der Waals surface area contributed by atoms with Crippen molar-refractivity contribution in [3.8, 4) is 0 Å². The van der Waals surface area contributed by atoms with Gasteiger partial charge < -0.3 is 26.6 Å². The molecular formula is C83H69Br11N10O6S2. The molecule has 576 valence electrons. The molecule has 11 aromatic rings. The normalized spacial score (nSPS) is 14.1. The van der Waals surface area contributed by atoms with E-state index < -0.39 is 27.1 Å². The smallest absolute Gasteiger partial charge is 0.336 e. The zero-order chi connectivity index (χ0) is 82.1. The van der Waals surface area contributed by atoms with E-state index in [2.05, 4.69) is 224 Å². The summed E-state index contributed by atoms with van der Waals surface area (Å²) < 4.78 is 9.11. The van der Waals surface area contributed by atoms with Crippen LogP contribution in [0.1, 0.15) is 47.1 Å². The lowest BCUT2D eigenvalue weighted by Gasteiger charge is -2.42. The number of rotatable bonds is 11. The predicted molar refractivity (Wildman–Crippen MR) is 504 cm³/mol. The number of isothiocyanates is 1. The molecule has 112 heavy (non-hydrogen) atoms. The zero-order valence-electron chi connectivity index (χ0n) is 60.2. The first kappa shape index (κ1) is 92.2. The largest absolute Gasteiger partial charge is 0.480 e. The molecule has 16 nitrogen and oxygen atoms in total. The molecule has 2 heterocycles. The number of amides is 5. The number of alkyl halides is 1. The van der Waals surface area contributed by atoms with Crippen molar-refractivity contribution < 1.29 is 29.4 Å². The highest BCUT2D eigenvalue weighted by atomic mass is 79.9. The first-order chi connectivity index (χ1) is 53.0. The number of nitrogen functional groups attached to an aromatic ring is 1. The van der Waals surface area contributed by atoms with E-state index in [0.29, 0.717) is 27.7 Å². The Morgan fingerprint density at radius 3 is 1.04 bits per heavy atom. The summed E-state index contributed by atoms with van der Waals surface area (Å²) >= 11 is 46.4. The van der Waals surface area contributed by atoms with Gasteiger partial charge >= 0.3 is 18.0 Å². The van der Waals surface area contributed by atoms with Crippen LogP contribution >= 0.6 is 200 Å². The fraction of sp³-hybridized carbons (Fsp3) is 0.120. The molecule has 5 amide bonds. The number of thiocarbonyl (C=S) groups is 2. The van der Waals surface area contributed by atoms with Crippen molar-refractivity contribution in [3.63, 3.8) is 0 Å². The summed E-state index contributed by atoms with van der Waals surface area (Å²) in [6, 6.07) is 86.9. The molecule has 2 aliphatic heterocycles.